The third-order valence-electron chi connectivity index (χ3n) is 3.31. The number of rotatable bonds is 2. The second-order valence-corrected chi connectivity index (χ2v) is 5.41. The van der Waals surface area contributed by atoms with E-state index in [1.165, 1.54) is 0 Å². The maximum absolute atomic E-state index is 12.3. The monoisotopic (exact) mass is 335 g/mol. The van der Waals surface area contributed by atoms with Crippen LogP contribution in [0.2, 0.25) is 0 Å². The van der Waals surface area contributed by atoms with Crippen LogP contribution in [0.25, 0.3) is 0 Å². The van der Waals surface area contributed by atoms with E-state index < -0.39 is 0 Å². The lowest BCUT2D eigenvalue weighted by Crippen LogP contribution is -2.42. The van der Waals surface area contributed by atoms with Crippen molar-refractivity contribution >= 4 is 21.8 Å². The van der Waals surface area contributed by atoms with Crippen molar-refractivity contribution in [2.24, 2.45) is 0 Å². The zero-order valence-corrected chi connectivity index (χ0v) is 12.4. The van der Waals surface area contributed by atoms with Gasteiger partial charge in [0.25, 0.3) is 5.91 Å². The lowest BCUT2D eigenvalue weighted by Gasteiger charge is -2.32. The van der Waals surface area contributed by atoms with Gasteiger partial charge < -0.3 is 14.1 Å². The van der Waals surface area contributed by atoms with Gasteiger partial charge in [-0.3, -0.25) is 4.79 Å². The SMILES string of the molecule is O=C(c1ccc(Br)o1)N1CCOC(c2ccccc2)C1. The number of hydrogen-bond acceptors (Lipinski definition) is 3. The molecule has 2 heterocycles. The smallest absolute Gasteiger partial charge is 0.289 e. The third-order valence-corrected chi connectivity index (χ3v) is 3.74. The fraction of sp³-hybridized carbons (Fsp3) is 0.267. The minimum Gasteiger partial charge on any atom is -0.444 e. The first kappa shape index (κ1) is 13.4. The van der Waals surface area contributed by atoms with Crippen LogP contribution < -0.4 is 0 Å². The van der Waals surface area contributed by atoms with Gasteiger partial charge in [-0.2, -0.15) is 0 Å². The van der Waals surface area contributed by atoms with E-state index in [9.17, 15) is 4.79 Å². The Balaban J connectivity index is 1.74. The average Bonchev–Trinajstić information content (AvgIpc) is 2.94. The summed E-state index contributed by atoms with van der Waals surface area (Å²) in [6.07, 6.45) is -0.0766. The molecule has 0 bridgehead atoms. The van der Waals surface area contributed by atoms with Crippen LogP contribution in [0.3, 0.4) is 0 Å². The Morgan fingerprint density at radius 3 is 2.70 bits per heavy atom. The molecule has 20 heavy (non-hydrogen) atoms. The summed E-state index contributed by atoms with van der Waals surface area (Å²) < 4.78 is 11.6. The van der Waals surface area contributed by atoms with Crippen molar-refractivity contribution in [1.29, 1.82) is 0 Å². The Bertz CT molecular complexity index is 596. The number of carbonyl (C=O) groups is 1. The number of benzene rings is 1. The van der Waals surface area contributed by atoms with Gasteiger partial charge in [-0.05, 0) is 33.6 Å². The highest BCUT2D eigenvalue weighted by Gasteiger charge is 2.27. The second-order valence-electron chi connectivity index (χ2n) is 4.63. The standard InChI is InChI=1S/C15H14BrNO3/c16-14-7-6-12(20-14)15(18)17-8-9-19-13(10-17)11-4-2-1-3-5-11/h1-7,13H,8-10H2. The summed E-state index contributed by atoms with van der Waals surface area (Å²) in [5, 5.41) is 0. The molecule has 1 saturated heterocycles. The average molecular weight is 336 g/mol. The van der Waals surface area contributed by atoms with Crippen molar-refractivity contribution < 1.29 is 13.9 Å². The molecule has 0 saturated carbocycles. The van der Waals surface area contributed by atoms with Gasteiger partial charge in [-0.15, -0.1) is 0 Å². The van der Waals surface area contributed by atoms with Gasteiger partial charge in [0.2, 0.25) is 0 Å². The second kappa shape index (κ2) is 5.81. The summed E-state index contributed by atoms with van der Waals surface area (Å²) in [5.74, 6) is 0.255. The van der Waals surface area contributed by atoms with Crippen LogP contribution in [0.15, 0.2) is 51.6 Å². The zero-order valence-electron chi connectivity index (χ0n) is 10.8. The number of furan rings is 1. The minimum atomic E-state index is -0.0973. The fourth-order valence-corrected chi connectivity index (χ4v) is 2.59. The molecule has 1 unspecified atom stereocenters. The molecule has 2 aromatic rings. The minimum absolute atomic E-state index is 0.0766. The molecule has 1 amide bonds. The Morgan fingerprint density at radius 1 is 1.20 bits per heavy atom. The van der Waals surface area contributed by atoms with Crippen LogP contribution in [0.4, 0.5) is 0 Å². The first-order valence-electron chi connectivity index (χ1n) is 6.45. The van der Waals surface area contributed by atoms with Crippen molar-refractivity contribution in [2.75, 3.05) is 19.7 Å². The number of hydrogen-bond donors (Lipinski definition) is 0. The highest BCUT2D eigenvalue weighted by molar-refractivity contribution is 9.10. The number of nitrogens with zero attached hydrogens (tertiary/aromatic N) is 1. The highest BCUT2D eigenvalue weighted by Crippen LogP contribution is 2.24. The number of amides is 1. The molecule has 1 atom stereocenters. The van der Waals surface area contributed by atoms with E-state index in [1.807, 2.05) is 30.3 Å². The Morgan fingerprint density at radius 2 is 2.00 bits per heavy atom. The first-order chi connectivity index (χ1) is 9.74. The van der Waals surface area contributed by atoms with Gasteiger partial charge in [0.15, 0.2) is 10.4 Å². The van der Waals surface area contributed by atoms with E-state index >= 15 is 0 Å². The van der Waals surface area contributed by atoms with Gasteiger partial charge >= 0.3 is 0 Å². The van der Waals surface area contributed by atoms with Crippen LogP contribution in [-0.4, -0.2) is 30.5 Å². The molecule has 104 valence electrons. The molecule has 1 aromatic carbocycles. The lowest BCUT2D eigenvalue weighted by atomic mass is 10.1. The maximum atomic E-state index is 12.3. The molecular formula is C15H14BrNO3. The highest BCUT2D eigenvalue weighted by atomic mass is 79.9. The predicted molar refractivity (Wildman–Crippen MR) is 77.4 cm³/mol. The molecule has 1 aliphatic rings. The zero-order chi connectivity index (χ0) is 13.9. The van der Waals surface area contributed by atoms with Gasteiger partial charge in [-0.25, -0.2) is 0 Å². The Kier molecular flexibility index (Phi) is 3.89. The fourth-order valence-electron chi connectivity index (χ4n) is 2.29. The molecule has 1 aliphatic heterocycles. The van der Waals surface area contributed by atoms with Gasteiger partial charge in [0.1, 0.15) is 6.10 Å². The van der Waals surface area contributed by atoms with Gasteiger partial charge in [0, 0.05) is 6.54 Å². The van der Waals surface area contributed by atoms with Crippen LogP contribution >= 0.6 is 15.9 Å². The number of carbonyl (C=O) groups excluding carboxylic acids is 1. The predicted octanol–water partition coefficient (Wildman–Crippen LogP) is 3.26. The summed E-state index contributed by atoms with van der Waals surface area (Å²) >= 11 is 3.21. The van der Waals surface area contributed by atoms with Crippen molar-refractivity contribution in [2.45, 2.75) is 6.10 Å². The Hall–Kier alpha value is -1.59. The van der Waals surface area contributed by atoms with Crippen molar-refractivity contribution in [1.82, 2.24) is 4.90 Å². The molecule has 0 N–H and O–H groups in total. The maximum Gasteiger partial charge on any atom is 0.289 e. The number of halogens is 1. The van der Waals surface area contributed by atoms with E-state index in [0.717, 1.165) is 5.56 Å². The molecule has 0 spiro atoms. The van der Waals surface area contributed by atoms with Crippen molar-refractivity contribution in [3.63, 3.8) is 0 Å². The van der Waals surface area contributed by atoms with Crippen LogP contribution in [0.1, 0.15) is 22.2 Å². The number of morpholine rings is 1. The quantitative estimate of drug-likeness (QED) is 0.845. The summed E-state index contributed by atoms with van der Waals surface area (Å²) in [5.41, 5.74) is 1.09. The Labute approximate surface area is 125 Å². The van der Waals surface area contributed by atoms with E-state index in [-0.39, 0.29) is 12.0 Å². The van der Waals surface area contributed by atoms with Crippen LogP contribution in [0, 0.1) is 0 Å². The van der Waals surface area contributed by atoms with Gasteiger partial charge in [0.05, 0.1) is 13.2 Å². The lowest BCUT2D eigenvalue weighted by molar-refractivity contribution is -0.0238. The normalized spacial score (nSPS) is 19.1. The van der Waals surface area contributed by atoms with Crippen LogP contribution in [0.5, 0.6) is 0 Å². The molecule has 1 fully saturated rings. The van der Waals surface area contributed by atoms with E-state index in [0.29, 0.717) is 30.1 Å². The topological polar surface area (TPSA) is 42.7 Å². The molecular weight excluding hydrogens is 322 g/mol. The van der Waals surface area contributed by atoms with E-state index in [1.54, 1.807) is 17.0 Å². The molecule has 1 aromatic heterocycles. The third kappa shape index (κ3) is 2.78. The van der Waals surface area contributed by atoms with Crippen molar-refractivity contribution in [3.8, 4) is 0 Å². The van der Waals surface area contributed by atoms with E-state index in [2.05, 4.69) is 15.9 Å². The molecule has 3 rings (SSSR count). The molecule has 4 nitrogen and oxygen atoms in total. The van der Waals surface area contributed by atoms with Gasteiger partial charge in [-0.1, -0.05) is 30.3 Å². The van der Waals surface area contributed by atoms with E-state index in [4.69, 9.17) is 9.15 Å². The summed E-state index contributed by atoms with van der Waals surface area (Å²) in [4.78, 5) is 14.1. The summed E-state index contributed by atoms with van der Waals surface area (Å²) in [7, 11) is 0. The number of ether oxygens (including phenoxy) is 1. The molecule has 0 aliphatic carbocycles. The first-order valence-corrected chi connectivity index (χ1v) is 7.24. The summed E-state index contributed by atoms with van der Waals surface area (Å²) in [6.45, 7) is 1.66. The largest absolute Gasteiger partial charge is 0.444 e. The molecule has 0 radical (unpaired) electrons. The van der Waals surface area contributed by atoms with Crippen LogP contribution in [-0.2, 0) is 4.74 Å². The molecule has 5 heteroatoms. The van der Waals surface area contributed by atoms with Crippen molar-refractivity contribution in [3.05, 3.63) is 58.5 Å². The summed E-state index contributed by atoms with van der Waals surface area (Å²) in [6, 6.07) is 13.4.